The molecule has 0 bridgehead atoms. The molecule has 7 heteroatoms. The Labute approximate surface area is 116 Å². The molecule has 0 saturated heterocycles. The van der Waals surface area contributed by atoms with Crippen molar-refractivity contribution in [2.24, 2.45) is 11.6 Å². The predicted molar refractivity (Wildman–Crippen MR) is 72.1 cm³/mol. The second-order valence-electron chi connectivity index (χ2n) is 4.50. The van der Waals surface area contributed by atoms with Gasteiger partial charge in [0.2, 0.25) is 5.91 Å². The fraction of sp³-hybridized carbons (Fsp3) is 0.308. The fourth-order valence-electron chi connectivity index (χ4n) is 1.83. The second kappa shape index (κ2) is 6.78. The van der Waals surface area contributed by atoms with Gasteiger partial charge in [0.05, 0.1) is 12.7 Å². The highest BCUT2D eigenvalue weighted by molar-refractivity contribution is 5.73. The molecule has 2 rings (SSSR count). The van der Waals surface area contributed by atoms with Crippen LogP contribution in [0.15, 0.2) is 30.5 Å². The summed E-state index contributed by atoms with van der Waals surface area (Å²) in [5.41, 5.74) is 7.99. The lowest BCUT2D eigenvalue weighted by molar-refractivity contribution is -0.117. The van der Waals surface area contributed by atoms with E-state index in [0.29, 0.717) is 25.1 Å². The number of carbonyl (C=O) groups excluding carboxylic acids is 1. The number of hydrogen-bond acceptors (Lipinski definition) is 5. The number of hydrogen-bond donors (Lipinski definition) is 2. The van der Waals surface area contributed by atoms with Crippen molar-refractivity contribution in [1.82, 2.24) is 15.0 Å². The van der Waals surface area contributed by atoms with E-state index in [0.717, 1.165) is 11.1 Å². The van der Waals surface area contributed by atoms with Gasteiger partial charge in [0.1, 0.15) is 12.3 Å². The lowest BCUT2D eigenvalue weighted by atomic mass is 10.1. The predicted octanol–water partition coefficient (Wildman–Crippen LogP) is 0.135. The van der Waals surface area contributed by atoms with Crippen LogP contribution < -0.4 is 11.6 Å². The first-order valence-electron chi connectivity index (χ1n) is 6.24. The van der Waals surface area contributed by atoms with Crippen LogP contribution in [0.5, 0.6) is 0 Å². The Morgan fingerprint density at radius 1 is 1.25 bits per heavy atom. The summed E-state index contributed by atoms with van der Waals surface area (Å²) < 4.78 is 1.72. The molecule has 1 heterocycles. The molecule has 0 radical (unpaired) electrons. The molecule has 20 heavy (non-hydrogen) atoms. The molecule has 0 unspecified atom stereocenters. The van der Waals surface area contributed by atoms with E-state index in [-0.39, 0.29) is 12.5 Å². The molecular formula is C13H17N5O2. The Balaban J connectivity index is 1.93. The third kappa shape index (κ3) is 4.15. The third-order valence-corrected chi connectivity index (χ3v) is 2.84. The molecule has 1 amide bonds. The van der Waals surface area contributed by atoms with E-state index in [1.807, 2.05) is 24.3 Å². The summed E-state index contributed by atoms with van der Waals surface area (Å²) in [6.07, 6.45) is 2.82. The van der Waals surface area contributed by atoms with Gasteiger partial charge >= 0.3 is 0 Å². The van der Waals surface area contributed by atoms with E-state index in [1.165, 1.54) is 0 Å². The first-order valence-corrected chi connectivity index (χ1v) is 6.24. The average molecular weight is 275 g/mol. The highest BCUT2D eigenvalue weighted by Crippen LogP contribution is 2.08. The molecule has 0 saturated carbocycles. The Morgan fingerprint density at radius 2 is 1.95 bits per heavy atom. The zero-order valence-corrected chi connectivity index (χ0v) is 11.0. The van der Waals surface area contributed by atoms with Crippen LogP contribution in [0.4, 0.5) is 0 Å². The summed E-state index contributed by atoms with van der Waals surface area (Å²) in [6, 6.07) is 7.96. The van der Waals surface area contributed by atoms with Gasteiger partial charge in [0.15, 0.2) is 0 Å². The minimum absolute atomic E-state index is 0.242. The highest BCUT2D eigenvalue weighted by atomic mass is 16.6. The summed E-state index contributed by atoms with van der Waals surface area (Å²) in [4.78, 5) is 15.2. The molecule has 0 atom stereocenters. The van der Waals surface area contributed by atoms with E-state index in [1.54, 1.807) is 10.9 Å². The zero-order valence-electron chi connectivity index (χ0n) is 11.0. The Morgan fingerprint density at radius 3 is 2.60 bits per heavy atom. The molecule has 7 nitrogen and oxygen atoms in total. The maximum atomic E-state index is 10.7. The lowest BCUT2D eigenvalue weighted by Gasteiger charge is -2.03. The van der Waals surface area contributed by atoms with Gasteiger partial charge in [-0.15, -0.1) is 5.10 Å². The van der Waals surface area contributed by atoms with Crippen molar-refractivity contribution in [3.63, 3.8) is 0 Å². The molecule has 0 aliphatic heterocycles. The molecule has 1 aromatic carbocycles. The smallest absolute Gasteiger partial charge is 0.217 e. The zero-order chi connectivity index (χ0) is 14.4. The largest absolute Gasteiger partial charge is 0.370 e. The van der Waals surface area contributed by atoms with Gasteiger partial charge in [-0.1, -0.05) is 29.5 Å². The molecule has 0 spiro atoms. The van der Waals surface area contributed by atoms with Gasteiger partial charge < -0.3 is 5.73 Å². The van der Waals surface area contributed by atoms with Crippen LogP contribution in [0.2, 0.25) is 0 Å². The van der Waals surface area contributed by atoms with Crippen molar-refractivity contribution in [2.45, 2.75) is 26.0 Å². The van der Waals surface area contributed by atoms with Gasteiger partial charge in [-0.3, -0.25) is 9.63 Å². The summed E-state index contributed by atoms with van der Waals surface area (Å²) in [5.74, 6) is 4.69. The number of aromatic nitrogens is 3. The van der Waals surface area contributed by atoms with Crippen molar-refractivity contribution < 1.29 is 9.63 Å². The molecular weight excluding hydrogens is 258 g/mol. The minimum Gasteiger partial charge on any atom is -0.370 e. The van der Waals surface area contributed by atoms with Crippen molar-refractivity contribution in [3.05, 3.63) is 47.3 Å². The number of carbonyl (C=O) groups is 1. The molecule has 0 aliphatic carbocycles. The molecule has 0 aliphatic rings. The standard InChI is InChI=1S/C13H17N5O2/c14-13(19)6-5-10-1-3-11(4-2-10)7-18-8-12(9-20-15)16-17-18/h1-4,8H,5-7,9,15H2,(H2,14,19). The Kier molecular flexibility index (Phi) is 4.80. The third-order valence-electron chi connectivity index (χ3n) is 2.84. The number of primary amides is 1. The number of benzene rings is 1. The minimum atomic E-state index is -0.286. The van der Waals surface area contributed by atoms with Gasteiger partial charge in [-0.2, -0.15) is 0 Å². The number of aryl methyl sites for hydroxylation is 1. The topological polar surface area (TPSA) is 109 Å². The van der Waals surface area contributed by atoms with Crippen LogP contribution in [0.1, 0.15) is 23.2 Å². The van der Waals surface area contributed by atoms with Gasteiger partial charge in [0, 0.05) is 6.42 Å². The van der Waals surface area contributed by atoms with E-state index < -0.39 is 0 Å². The Bertz CT molecular complexity index is 564. The molecule has 0 fully saturated rings. The summed E-state index contributed by atoms with van der Waals surface area (Å²) in [7, 11) is 0. The summed E-state index contributed by atoms with van der Waals surface area (Å²) in [6.45, 7) is 0.861. The van der Waals surface area contributed by atoms with Gasteiger partial charge in [-0.05, 0) is 17.5 Å². The van der Waals surface area contributed by atoms with E-state index in [9.17, 15) is 4.79 Å². The maximum Gasteiger partial charge on any atom is 0.217 e. The molecule has 2 aromatic rings. The maximum absolute atomic E-state index is 10.7. The van der Waals surface area contributed by atoms with Gasteiger partial charge in [0.25, 0.3) is 0 Å². The highest BCUT2D eigenvalue weighted by Gasteiger charge is 2.02. The number of nitrogens with two attached hydrogens (primary N) is 2. The van der Waals surface area contributed by atoms with Crippen LogP contribution in [0.3, 0.4) is 0 Å². The fourth-order valence-corrected chi connectivity index (χ4v) is 1.83. The first-order chi connectivity index (χ1) is 9.67. The SMILES string of the molecule is NOCc1cn(Cc2ccc(CCC(N)=O)cc2)nn1. The monoisotopic (exact) mass is 275 g/mol. The summed E-state index contributed by atoms with van der Waals surface area (Å²) in [5, 5.41) is 7.91. The van der Waals surface area contributed by atoms with Crippen LogP contribution in [-0.2, 0) is 29.2 Å². The van der Waals surface area contributed by atoms with E-state index in [2.05, 4.69) is 15.1 Å². The summed E-state index contributed by atoms with van der Waals surface area (Å²) >= 11 is 0. The van der Waals surface area contributed by atoms with Gasteiger partial charge in [-0.25, -0.2) is 10.6 Å². The molecule has 4 N–H and O–H groups in total. The van der Waals surface area contributed by atoms with Crippen LogP contribution in [0.25, 0.3) is 0 Å². The lowest BCUT2D eigenvalue weighted by Crippen LogP contribution is -2.11. The van der Waals surface area contributed by atoms with Crippen molar-refractivity contribution >= 4 is 5.91 Å². The van der Waals surface area contributed by atoms with Crippen LogP contribution >= 0.6 is 0 Å². The van der Waals surface area contributed by atoms with Crippen molar-refractivity contribution in [2.75, 3.05) is 0 Å². The van der Waals surface area contributed by atoms with E-state index >= 15 is 0 Å². The Hall–Kier alpha value is -2.25. The van der Waals surface area contributed by atoms with Crippen molar-refractivity contribution in [3.8, 4) is 0 Å². The molecule has 1 aromatic heterocycles. The quantitative estimate of drug-likeness (QED) is 0.698. The van der Waals surface area contributed by atoms with Crippen LogP contribution in [0, 0.1) is 0 Å². The number of rotatable bonds is 7. The number of amides is 1. The van der Waals surface area contributed by atoms with E-state index in [4.69, 9.17) is 11.6 Å². The first kappa shape index (κ1) is 14.2. The second-order valence-corrected chi connectivity index (χ2v) is 4.50. The van der Waals surface area contributed by atoms with Crippen molar-refractivity contribution in [1.29, 1.82) is 0 Å². The average Bonchev–Trinajstić information content (AvgIpc) is 2.86. The van der Waals surface area contributed by atoms with Crippen LogP contribution in [-0.4, -0.2) is 20.9 Å². The normalized spacial score (nSPS) is 10.7. The molecule has 106 valence electrons. The number of nitrogens with zero attached hydrogens (tertiary/aromatic N) is 3.